The predicted molar refractivity (Wildman–Crippen MR) is 349 cm³/mol. The third-order valence-corrected chi connectivity index (χ3v) is 16.9. The summed E-state index contributed by atoms with van der Waals surface area (Å²) >= 11 is 0. The first-order valence-electron chi connectivity index (χ1n) is 35.6. The predicted octanol–water partition coefficient (Wildman–Crippen LogP) is 17.9. The maximum absolute atomic E-state index is 9.69. The summed E-state index contributed by atoms with van der Waals surface area (Å²) in [5.41, 5.74) is 12.3. The van der Waals surface area contributed by atoms with Crippen LogP contribution in [-0.4, -0.2) is 15.8 Å². The van der Waals surface area contributed by atoms with Gasteiger partial charge in [-0.3, -0.25) is 0 Å². The Morgan fingerprint density at radius 1 is 0.325 bits per heavy atom. The SMILES string of the molecule is [2H]c1c([2H])c([2H])c2c(c1[2H])c1c([2H])c([2H])c([2H])c([2H])c1n2-c1ccc2c(c1)N(c1c(-c3ccccc3)cccc1-c1ccccc1)c1cc(-c3ccccc3)cc3c1B2c1ccc(-n2c4c([2H])c([2H])c([2H])c([2H])c4c4c([2H])c([2H])c([2H])c([2H])c42)cc1C3(c1ccccc1)c1ccccc1. The minimum atomic E-state index is -1.30. The first-order valence-corrected chi connectivity index (χ1v) is 27.6. The Kier molecular flexibility index (Phi) is 7.62. The van der Waals surface area contributed by atoms with Crippen molar-refractivity contribution in [2.24, 2.45) is 0 Å². The number of para-hydroxylation sites is 5. The fourth-order valence-electron chi connectivity index (χ4n) is 13.6. The van der Waals surface area contributed by atoms with Gasteiger partial charge in [0.1, 0.15) is 0 Å². The van der Waals surface area contributed by atoms with E-state index in [4.69, 9.17) is 11.0 Å². The summed E-state index contributed by atoms with van der Waals surface area (Å²) in [7, 11) is 0. The van der Waals surface area contributed by atoms with E-state index in [0.717, 1.165) is 83.4 Å². The molecular formula is C79H52BN3. The molecule has 0 fully saturated rings. The van der Waals surface area contributed by atoms with Crippen LogP contribution >= 0.6 is 0 Å². The molecule has 0 amide bonds. The van der Waals surface area contributed by atoms with Crippen LogP contribution in [-0.2, 0) is 5.41 Å². The standard InChI is InChI=1S/C79H52BN3/c1-6-25-53(26-7-1)56-49-68-77-76(50-56)83(78-61(54-27-8-2-9-28-54)39-24-40-62(78)55-29-10-3-11-30-55)75-52-60(82-73-43-22-18-37-65(73)66-38-19-23-44-74(66)82)46-48-70(75)80(77)69-47-45-59(81-71-41-20-16-35-63(71)64-36-17-21-42-72(64)81)51-67(69)79(68,57-31-12-4-13-32-57)58-33-14-5-15-34-58/h1-52H/i16D,17D,18D,19D,20D,21D,22D,23D,35D,36D,37D,38D,41D,42D,43D,44D. The lowest BCUT2D eigenvalue weighted by Gasteiger charge is -2.49. The lowest BCUT2D eigenvalue weighted by atomic mass is 9.29. The molecule has 15 aromatic rings. The molecule has 386 valence electrons. The largest absolute Gasteiger partial charge is 0.310 e. The van der Waals surface area contributed by atoms with Crippen LogP contribution in [0.15, 0.2) is 315 Å². The lowest BCUT2D eigenvalue weighted by Crippen LogP contribution is -2.65. The van der Waals surface area contributed by atoms with Gasteiger partial charge in [0, 0.05) is 55.4 Å². The van der Waals surface area contributed by atoms with Crippen molar-refractivity contribution in [3.05, 3.63) is 337 Å². The summed E-state index contributed by atoms with van der Waals surface area (Å²) in [5.74, 6) is 0. The summed E-state index contributed by atoms with van der Waals surface area (Å²) in [5, 5.41) is -0.244. The topological polar surface area (TPSA) is 13.1 Å². The van der Waals surface area contributed by atoms with Crippen molar-refractivity contribution in [3.63, 3.8) is 0 Å². The fourth-order valence-corrected chi connectivity index (χ4v) is 13.6. The zero-order chi connectivity index (χ0) is 68.5. The zero-order valence-corrected chi connectivity index (χ0v) is 44.2. The van der Waals surface area contributed by atoms with Crippen LogP contribution in [0.3, 0.4) is 0 Å². The van der Waals surface area contributed by atoms with E-state index in [1.165, 1.54) is 0 Å². The van der Waals surface area contributed by atoms with Gasteiger partial charge in [0.05, 0.1) is 55.1 Å². The Bertz CT molecular complexity index is 5760. The summed E-state index contributed by atoms with van der Waals surface area (Å²) in [6.07, 6.45) is 0. The van der Waals surface area contributed by atoms with Crippen molar-refractivity contribution >= 4 is 83.8 Å². The van der Waals surface area contributed by atoms with E-state index >= 15 is 0 Å². The first kappa shape index (κ1) is 33.8. The number of hydrogen-bond donors (Lipinski definition) is 0. The number of benzene rings is 13. The third kappa shape index (κ3) is 7.00. The molecule has 2 aliphatic rings. The fraction of sp³-hybridized carbons (Fsp3) is 0.0127. The Morgan fingerprint density at radius 3 is 1.23 bits per heavy atom. The number of rotatable bonds is 8. The summed E-state index contributed by atoms with van der Waals surface area (Å²) in [4.78, 5) is 2.29. The zero-order valence-electron chi connectivity index (χ0n) is 60.2. The number of hydrogen-bond acceptors (Lipinski definition) is 1. The van der Waals surface area contributed by atoms with E-state index in [-0.39, 0.29) is 43.6 Å². The molecule has 17 rings (SSSR count). The average molecular weight is 1070 g/mol. The van der Waals surface area contributed by atoms with Gasteiger partial charge in [-0.05, 0) is 116 Å². The Labute approximate surface area is 505 Å². The van der Waals surface area contributed by atoms with E-state index in [1.807, 2.05) is 133 Å². The Balaban J connectivity index is 1.09. The van der Waals surface area contributed by atoms with Crippen molar-refractivity contribution in [2.45, 2.75) is 5.41 Å². The van der Waals surface area contributed by atoms with E-state index in [9.17, 15) is 11.0 Å². The van der Waals surface area contributed by atoms with Crippen LogP contribution in [0.1, 0.15) is 44.2 Å². The monoisotopic (exact) mass is 1070 g/mol. The quantitative estimate of drug-likeness (QED) is 0.138. The molecule has 0 N–H and O–H groups in total. The molecule has 0 bridgehead atoms. The number of nitrogens with zero attached hydrogens (tertiary/aromatic N) is 3. The molecule has 2 aromatic heterocycles. The minimum Gasteiger partial charge on any atom is -0.310 e. The summed E-state index contributed by atoms with van der Waals surface area (Å²) in [6.45, 7) is -0.700. The molecule has 83 heavy (non-hydrogen) atoms. The highest BCUT2D eigenvalue weighted by Crippen LogP contribution is 2.54. The van der Waals surface area contributed by atoms with E-state index in [1.54, 1.807) is 9.13 Å². The van der Waals surface area contributed by atoms with Gasteiger partial charge in [0.25, 0.3) is 0 Å². The molecule has 0 unspecified atom stereocenters. The highest BCUT2D eigenvalue weighted by molar-refractivity contribution is 6.99. The maximum Gasteiger partial charge on any atom is 0.247 e. The molecular weight excluding hydrogens is 1000 g/mol. The van der Waals surface area contributed by atoms with E-state index in [0.29, 0.717) is 17.1 Å². The first-order chi connectivity index (χ1) is 47.9. The summed E-state index contributed by atoms with van der Waals surface area (Å²) < 4.78 is 152. The van der Waals surface area contributed by atoms with Crippen molar-refractivity contribution in [1.82, 2.24) is 9.13 Å². The average Bonchev–Trinajstić information content (AvgIpc) is 1.14. The van der Waals surface area contributed by atoms with Gasteiger partial charge in [-0.25, -0.2) is 0 Å². The molecule has 0 saturated carbocycles. The third-order valence-electron chi connectivity index (χ3n) is 16.9. The molecule has 0 aliphatic carbocycles. The molecule has 13 aromatic carbocycles. The van der Waals surface area contributed by atoms with Gasteiger partial charge in [-0.1, -0.05) is 260 Å². The molecule has 2 aliphatic heterocycles. The van der Waals surface area contributed by atoms with Gasteiger partial charge in [0.15, 0.2) is 0 Å². The second-order valence-electron chi connectivity index (χ2n) is 21.1. The maximum atomic E-state index is 9.69. The van der Waals surface area contributed by atoms with Crippen molar-refractivity contribution in [3.8, 4) is 44.8 Å². The van der Waals surface area contributed by atoms with Crippen LogP contribution in [0.2, 0.25) is 0 Å². The second-order valence-corrected chi connectivity index (χ2v) is 21.1. The molecule has 0 spiro atoms. The van der Waals surface area contributed by atoms with Crippen LogP contribution in [0, 0.1) is 0 Å². The minimum absolute atomic E-state index is 0.0323. The number of aromatic nitrogens is 2. The normalized spacial score (nSPS) is 15.8. The van der Waals surface area contributed by atoms with Crippen LogP contribution in [0.5, 0.6) is 0 Å². The Morgan fingerprint density at radius 2 is 0.747 bits per heavy atom. The number of anilines is 3. The molecule has 4 heteroatoms. The summed E-state index contributed by atoms with van der Waals surface area (Å²) in [6, 6.07) is 65.1. The molecule has 0 saturated heterocycles. The second kappa shape index (κ2) is 18.7. The van der Waals surface area contributed by atoms with Gasteiger partial charge < -0.3 is 14.0 Å². The van der Waals surface area contributed by atoms with Crippen molar-refractivity contribution in [2.75, 3.05) is 4.90 Å². The highest BCUT2D eigenvalue weighted by Gasteiger charge is 2.52. The van der Waals surface area contributed by atoms with Crippen LogP contribution in [0.25, 0.3) is 88.4 Å². The van der Waals surface area contributed by atoms with Crippen molar-refractivity contribution < 1.29 is 21.9 Å². The van der Waals surface area contributed by atoms with Gasteiger partial charge in [-0.15, -0.1) is 0 Å². The van der Waals surface area contributed by atoms with Crippen LogP contribution < -0.4 is 21.3 Å². The number of fused-ring (bicyclic) bond motifs is 10. The van der Waals surface area contributed by atoms with Gasteiger partial charge in [0.2, 0.25) is 6.71 Å². The smallest absolute Gasteiger partial charge is 0.247 e. The highest BCUT2D eigenvalue weighted by atomic mass is 15.2. The van der Waals surface area contributed by atoms with Crippen molar-refractivity contribution in [1.29, 1.82) is 0 Å². The molecule has 0 atom stereocenters. The van der Waals surface area contributed by atoms with Gasteiger partial charge in [-0.2, -0.15) is 0 Å². The van der Waals surface area contributed by atoms with Gasteiger partial charge >= 0.3 is 0 Å². The van der Waals surface area contributed by atoms with E-state index < -0.39 is 109 Å². The molecule has 4 heterocycles. The Hall–Kier alpha value is -10.7. The van der Waals surface area contributed by atoms with Crippen LogP contribution in [0.4, 0.5) is 17.1 Å². The molecule has 0 radical (unpaired) electrons. The lowest BCUT2D eigenvalue weighted by molar-refractivity contribution is 0.750. The van der Waals surface area contributed by atoms with E-state index in [2.05, 4.69) is 89.8 Å². The molecule has 3 nitrogen and oxygen atoms in total.